The lowest BCUT2D eigenvalue weighted by molar-refractivity contribution is -0.261. The zero-order valence-corrected chi connectivity index (χ0v) is 16.3. The number of halogens is 1. The Kier molecular flexibility index (Phi) is 4.80. The molecule has 0 N–H and O–H groups in total. The Morgan fingerprint density at radius 2 is 1.85 bits per heavy atom. The van der Waals surface area contributed by atoms with Crippen LogP contribution in [0.3, 0.4) is 0 Å². The summed E-state index contributed by atoms with van der Waals surface area (Å²) in [6.07, 6.45) is 5.49. The summed E-state index contributed by atoms with van der Waals surface area (Å²) in [6, 6.07) is 0. The molecule has 3 saturated carbocycles. The van der Waals surface area contributed by atoms with E-state index in [1.807, 2.05) is 0 Å². The Labute approximate surface area is 156 Å². The third-order valence-corrected chi connectivity index (χ3v) is 8.16. The fraction of sp³-hybridized carbons (Fsp3) is 0.864. The van der Waals surface area contributed by atoms with E-state index in [0.29, 0.717) is 56.0 Å². The normalized spacial score (nSPS) is 46.2. The van der Waals surface area contributed by atoms with Crippen LogP contribution in [0.4, 0.5) is 4.39 Å². The van der Waals surface area contributed by atoms with Gasteiger partial charge in [0.05, 0.1) is 13.2 Å². The van der Waals surface area contributed by atoms with Gasteiger partial charge in [-0.25, -0.2) is 4.39 Å². The Morgan fingerprint density at radius 1 is 1.12 bits per heavy atom. The maximum absolute atomic E-state index is 15.2. The highest BCUT2D eigenvalue weighted by Gasteiger charge is 2.69. The molecule has 6 unspecified atom stereocenters. The summed E-state index contributed by atoms with van der Waals surface area (Å²) < 4.78 is 27.2. The van der Waals surface area contributed by atoms with Crippen LogP contribution < -0.4 is 0 Å². The van der Waals surface area contributed by atoms with Gasteiger partial charge in [-0.05, 0) is 62.2 Å². The van der Waals surface area contributed by atoms with Crippen molar-refractivity contribution in [2.24, 2.45) is 29.1 Å². The van der Waals surface area contributed by atoms with Crippen LogP contribution in [0, 0.1) is 29.1 Å². The molecule has 1 heterocycles. The predicted octanol–water partition coefficient (Wildman–Crippen LogP) is 4.85. The van der Waals surface area contributed by atoms with E-state index < -0.39 is 12.0 Å². The highest BCUT2D eigenvalue weighted by atomic mass is 19.1. The molecule has 4 fully saturated rings. The van der Waals surface area contributed by atoms with Gasteiger partial charge < -0.3 is 9.47 Å². The molecule has 0 bridgehead atoms. The first kappa shape index (κ1) is 18.6. The molecule has 0 aromatic heterocycles. The molecular weight excluding hydrogens is 331 g/mol. The summed E-state index contributed by atoms with van der Waals surface area (Å²) in [4.78, 5) is 12.1. The van der Waals surface area contributed by atoms with Gasteiger partial charge in [-0.2, -0.15) is 0 Å². The molecule has 26 heavy (non-hydrogen) atoms. The molecule has 3 aliphatic carbocycles. The highest BCUT2D eigenvalue weighted by Crippen LogP contribution is 2.65. The van der Waals surface area contributed by atoms with Crippen molar-refractivity contribution >= 4 is 5.78 Å². The molecule has 0 aromatic carbocycles. The lowest BCUT2D eigenvalue weighted by Gasteiger charge is -2.52. The average Bonchev–Trinajstić information content (AvgIpc) is 3.19. The number of allylic oxidation sites excluding steroid dienone is 1. The number of fused-ring (bicyclic) bond motifs is 4. The number of Topliss-reactive ketones (excluding diaryl/α,β-unsaturated/α-hetero) is 1. The first-order valence-electron chi connectivity index (χ1n) is 10.5. The zero-order chi connectivity index (χ0) is 18.5. The van der Waals surface area contributed by atoms with Crippen LogP contribution in [0.25, 0.3) is 0 Å². The SMILES string of the molecule is C=C1CCC(=O)CCC(C)C2CCC3(C)C(CC(F)C34OCCO4)C2C1. The van der Waals surface area contributed by atoms with Crippen LogP contribution in [0.15, 0.2) is 12.2 Å². The predicted molar refractivity (Wildman–Crippen MR) is 98.4 cm³/mol. The van der Waals surface area contributed by atoms with Crippen molar-refractivity contribution in [3.05, 3.63) is 12.2 Å². The first-order chi connectivity index (χ1) is 12.4. The molecule has 0 radical (unpaired) electrons. The zero-order valence-electron chi connectivity index (χ0n) is 16.3. The largest absolute Gasteiger partial charge is 0.344 e. The van der Waals surface area contributed by atoms with Gasteiger partial charge in [-0.3, -0.25) is 4.79 Å². The summed E-state index contributed by atoms with van der Waals surface area (Å²) in [5.41, 5.74) is 0.903. The summed E-state index contributed by atoms with van der Waals surface area (Å²) >= 11 is 0. The van der Waals surface area contributed by atoms with Gasteiger partial charge in [0.2, 0.25) is 5.79 Å². The maximum Gasteiger partial charge on any atom is 0.205 e. The van der Waals surface area contributed by atoms with Crippen molar-refractivity contribution < 1.29 is 18.7 Å². The van der Waals surface area contributed by atoms with Crippen LogP contribution in [-0.2, 0) is 14.3 Å². The molecule has 6 atom stereocenters. The minimum absolute atomic E-state index is 0.260. The van der Waals surface area contributed by atoms with Crippen molar-refractivity contribution in [2.45, 2.75) is 77.2 Å². The average molecular weight is 365 g/mol. The van der Waals surface area contributed by atoms with E-state index in [1.54, 1.807) is 0 Å². The number of rotatable bonds is 0. The third kappa shape index (κ3) is 2.71. The monoisotopic (exact) mass is 364 g/mol. The number of alkyl halides is 1. The lowest BCUT2D eigenvalue weighted by atomic mass is 9.55. The summed E-state index contributed by atoms with van der Waals surface area (Å²) in [5.74, 6) is 1.07. The smallest absolute Gasteiger partial charge is 0.205 e. The Morgan fingerprint density at radius 3 is 2.58 bits per heavy atom. The summed E-state index contributed by atoms with van der Waals surface area (Å²) in [7, 11) is 0. The van der Waals surface area contributed by atoms with E-state index in [9.17, 15) is 4.79 Å². The molecule has 3 nitrogen and oxygen atoms in total. The van der Waals surface area contributed by atoms with Crippen molar-refractivity contribution in [2.75, 3.05) is 13.2 Å². The molecule has 146 valence electrons. The fourth-order valence-electron chi connectivity index (χ4n) is 6.66. The highest BCUT2D eigenvalue weighted by molar-refractivity contribution is 5.78. The second-order valence-electron chi connectivity index (χ2n) is 9.47. The van der Waals surface area contributed by atoms with Gasteiger partial charge in [0.25, 0.3) is 0 Å². The van der Waals surface area contributed by atoms with Crippen LogP contribution >= 0.6 is 0 Å². The third-order valence-electron chi connectivity index (χ3n) is 8.16. The topological polar surface area (TPSA) is 35.5 Å². The van der Waals surface area contributed by atoms with Crippen molar-refractivity contribution in [1.29, 1.82) is 0 Å². The second-order valence-corrected chi connectivity index (χ2v) is 9.47. The quantitative estimate of drug-likeness (QED) is 0.577. The van der Waals surface area contributed by atoms with Gasteiger partial charge >= 0.3 is 0 Å². The molecular formula is C22H33FO3. The first-order valence-corrected chi connectivity index (χ1v) is 10.5. The van der Waals surface area contributed by atoms with Gasteiger partial charge in [0.15, 0.2) is 6.17 Å². The van der Waals surface area contributed by atoms with Crippen LogP contribution in [0.2, 0.25) is 0 Å². The number of carbonyl (C=O) groups is 1. The van der Waals surface area contributed by atoms with Crippen molar-refractivity contribution in [3.63, 3.8) is 0 Å². The maximum atomic E-state index is 15.2. The van der Waals surface area contributed by atoms with E-state index in [2.05, 4.69) is 20.4 Å². The summed E-state index contributed by atoms with van der Waals surface area (Å²) in [5, 5.41) is 0. The van der Waals surface area contributed by atoms with Crippen LogP contribution in [0.1, 0.15) is 65.2 Å². The molecule has 1 aliphatic heterocycles. The fourth-order valence-corrected chi connectivity index (χ4v) is 6.66. The number of carbonyl (C=O) groups excluding carboxylic acids is 1. The second kappa shape index (κ2) is 6.70. The molecule has 4 heteroatoms. The minimum Gasteiger partial charge on any atom is -0.344 e. The van der Waals surface area contributed by atoms with E-state index >= 15 is 4.39 Å². The lowest BCUT2D eigenvalue weighted by Crippen LogP contribution is -2.54. The molecule has 4 aliphatic rings. The number of ketones is 1. The van der Waals surface area contributed by atoms with Gasteiger partial charge in [-0.1, -0.05) is 26.0 Å². The summed E-state index contributed by atoms with van der Waals surface area (Å²) in [6.45, 7) is 9.77. The number of hydrogen-bond acceptors (Lipinski definition) is 3. The van der Waals surface area contributed by atoms with Gasteiger partial charge in [0, 0.05) is 18.3 Å². The Hall–Kier alpha value is -0.740. The van der Waals surface area contributed by atoms with Crippen LogP contribution in [-0.4, -0.2) is 31.0 Å². The van der Waals surface area contributed by atoms with Crippen molar-refractivity contribution in [1.82, 2.24) is 0 Å². The Bertz CT molecular complexity index is 582. The molecule has 0 amide bonds. The van der Waals surface area contributed by atoms with Gasteiger partial charge in [0.1, 0.15) is 5.78 Å². The molecule has 1 saturated heterocycles. The standard InChI is InChI=1S/C22H33FO3/c1-14-4-6-16(24)7-5-15(2)17-8-9-21(3)19(18(17)12-14)13-20(23)22(21)25-10-11-26-22/h15,17-20H,1,4-13H2,2-3H3. The minimum atomic E-state index is -1.04. The molecule has 4 rings (SSSR count). The number of ether oxygens (including phenoxy) is 2. The van der Waals surface area contributed by atoms with E-state index in [1.165, 1.54) is 0 Å². The molecule has 1 spiro atoms. The van der Waals surface area contributed by atoms with Crippen molar-refractivity contribution in [3.8, 4) is 0 Å². The van der Waals surface area contributed by atoms with Gasteiger partial charge in [-0.15, -0.1) is 0 Å². The van der Waals surface area contributed by atoms with Crippen LogP contribution in [0.5, 0.6) is 0 Å². The molecule has 0 aromatic rings. The van der Waals surface area contributed by atoms with E-state index in [0.717, 1.165) is 37.7 Å². The van der Waals surface area contributed by atoms with E-state index in [-0.39, 0.29) is 11.3 Å². The van der Waals surface area contributed by atoms with E-state index in [4.69, 9.17) is 9.47 Å². The number of hydrogen-bond donors (Lipinski definition) is 0. The Balaban J connectivity index is 1.66.